The van der Waals surface area contributed by atoms with E-state index < -0.39 is 0 Å². The molecule has 0 aromatic carbocycles. The first-order chi connectivity index (χ1) is 6.29. The first-order valence-corrected chi connectivity index (χ1v) is 4.92. The largest absolute Gasteiger partial charge is 0.219 e. The molecule has 2 aromatic heterocycles. The molecule has 0 aliphatic carbocycles. The van der Waals surface area contributed by atoms with Crippen molar-refractivity contribution >= 4 is 29.9 Å². The van der Waals surface area contributed by atoms with E-state index in [1.165, 1.54) is 0 Å². The van der Waals surface area contributed by atoms with E-state index in [9.17, 15) is 0 Å². The molecule has 0 radical (unpaired) electrons. The molecule has 0 aliphatic rings. The smallest absolute Gasteiger partial charge is 0.155 e. The topological polar surface area (TPSA) is 30.2 Å². The molecule has 2 heterocycles. The highest BCUT2D eigenvalue weighted by Gasteiger charge is 2.01. The molecule has 2 aromatic rings. The van der Waals surface area contributed by atoms with Crippen molar-refractivity contribution in [1.29, 1.82) is 0 Å². The average molecular weight is 214 g/mol. The lowest BCUT2D eigenvalue weighted by Gasteiger charge is -1.89. The maximum Gasteiger partial charge on any atom is 0.155 e. The molecule has 0 bridgehead atoms. The third kappa shape index (κ3) is 1.78. The average Bonchev–Trinajstić information content (AvgIpc) is 2.46. The van der Waals surface area contributed by atoms with Gasteiger partial charge < -0.3 is 0 Å². The highest BCUT2D eigenvalue weighted by atomic mass is 35.5. The van der Waals surface area contributed by atoms with Gasteiger partial charge in [-0.25, -0.2) is 9.50 Å². The van der Waals surface area contributed by atoms with Crippen LogP contribution in [-0.2, 0) is 6.42 Å². The van der Waals surface area contributed by atoms with E-state index in [2.05, 4.69) is 22.7 Å². The van der Waals surface area contributed by atoms with Gasteiger partial charge in [0.2, 0.25) is 0 Å². The zero-order chi connectivity index (χ0) is 9.26. The van der Waals surface area contributed by atoms with E-state index in [0.29, 0.717) is 5.02 Å². The van der Waals surface area contributed by atoms with Crippen molar-refractivity contribution in [3.63, 3.8) is 0 Å². The lowest BCUT2D eigenvalue weighted by molar-refractivity contribution is 0.891. The van der Waals surface area contributed by atoms with Gasteiger partial charge >= 0.3 is 0 Å². The Kier molecular flexibility index (Phi) is 2.42. The zero-order valence-electron chi connectivity index (χ0n) is 6.81. The SMILES string of the molecule is SCCc1nc2ccc(Cl)cn2n1. The van der Waals surface area contributed by atoms with Crippen LogP contribution >= 0.6 is 24.2 Å². The molecule has 0 fully saturated rings. The molecule has 68 valence electrons. The molecule has 0 atom stereocenters. The third-order valence-electron chi connectivity index (χ3n) is 1.67. The molecule has 0 aliphatic heterocycles. The molecule has 0 N–H and O–H groups in total. The Morgan fingerprint density at radius 3 is 3.08 bits per heavy atom. The van der Waals surface area contributed by atoms with Crippen LogP contribution < -0.4 is 0 Å². The predicted octanol–water partition coefficient (Wildman–Crippen LogP) is 1.85. The Balaban J connectivity index is 2.49. The third-order valence-corrected chi connectivity index (χ3v) is 2.12. The molecule has 0 unspecified atom stereocenters. The summed E-state index contributed by atoms with van der Waals surface area (Å²) in [5.41, 5.74) is 0.821. The Hall–Kier alpha value is -0.740. The van der Waals surface area contributed by atoms with Crippen molar-refractivity contribution in [3.8, 4) is 0 Å². The molecular weight excluding hydrogens is 206 g/mol. The van der Waals surface area contributed by atoms with Crippen LogP contribution in [0.15, 0.2) is 18.3 Å². The second-order valence-electron chi connectivity index (χ2n) is 2.65. The minimum atomic E-state index is 0.662. The van der Waals surface area contributed by atoms with Crippen LogP contribution in [0.2, 0.25) is 5.02 Å². The van der Waals surface area contributed by atoms with E-state index in [-0.39, 0.29) is 0 Å². The summed E-state index contributed by atoms with van der Waals surface area (Å²) in [6, 6.07) is 3.65. The lowest BCUT2D eigenvalue weighted by Crippen LogP contribution is -1.90. The number of hydrogen-bond donors (Lipinski definition) is 1. The standard InChI is InChI=1S/C8H8ClN3S/c9-6-1-2-8-10-7(3-4-13)11-12(8)5-6/h1-2,5,13H,3-4H2. The van der Waals surface area contributed by atoms with Crippen LogP contribution in [0, 0.1) is 0 Å². The van der Waals surface area contributed by atoms with Gasteiger partial charge in [-0.1, -0.05) is 11.6 Å². The van der Waals surface area contributed by atoms with Crippen LogP contribution in [0.4, 0.5) is 0 Å². The summed E-state index contributed by atoms with van der Waals surface area (Å²) in [6.45, 7) is 0. The molecule has 3 nitrogen and oxygen atoms in total. The fourth-order valence-electron chi connectivity index (χ4n) is 1.11. The van der Waals surface area contributed by atoms with Crippen molar-refractivity contribution in [2.24, 2.45) is 0 Å². The number of halogens is 1. The van der Waals surface area contributed by atoms with Gasteiger partial charge in [0.1, 0.15) is 0 Å². The van der Waals surface area contributed by atoms with Gasteiger partial charge in [0.25, 0.3) is 0 Å². The Bertz CT molecular complexity index is 426. The summed E-state index contributed by atoms with van der Waals surface area (Å²) in [5, 5.41) is 4.90. The fraction of sp³-hybridized carbons (Fsp3) is 0.250. The highest BCUT2D eigenvalue weighted by molar-refractivity contribution is 7.80. The van der Waals surface area contributed by atoms with E-state index in [0.717, 1.165) is 23.6 Å². The summed E-state index contributed by atoms with van der Waals surface area (Å²) in [6.07, 6.45) is 2.52. The number of hydrogen-bond acceptors (Lipinski definition) is 3. The highest BCUT2D eigenvalue weighted by Crippen LogP contribution is 2.09. The maximum absolute atomic E-state index is 5.80. The molecular formula is C8H8ClN3S. The number of pyridine rings is 1. The molecule has 2 rings (SSSR count). The molecule has 0 spiro atoms. The van der Waals surface area contributed by atoms with Gasteiger partial charge in [0, 0.05) is 12.6 Å². The van der Waals surface area contributed by atoms with Crippen molar-refractivity contribution in [2.75, 3.05) is 5.75 Å². The van der Waals surface area contributed by atoms with Crippen molar-refractivity contribution in [2.45, 2.75) is 6.42 Å². The number of aromatic nitrogens is 3. The first-order valence-electron chi connectivity index (χ1n) is 3.91. The second-order valence-corrected chi connectivity index (χ2v) is 3.54. The first kappa shape index (κ1) is 8.84. The molecule has 0 saturated heterocycles. The Morgan fingerprint density at radius 1 is 1.46 bits per heavy atom. The van der Waals surface area contributed by atoms with Gasteiger partial charge in [0.05, 0.1) is 5.02 Å². The number of aryl methyl sites for hydroxylation is 1. The Morgan fingerprint density at radius 2 is 2.31 bits per heavy atom. The van der Waals surface area contributed by atoms with Gasteiger partial charge in [0.15, 0.2) is 11.5 Å². The summed E-state index contributed by atoms with van der Waals surface area (Å²) in [7, 11) is 0. The maximum atomic E-state index is 5.80. The minimum absolute atomic E-state index is 0.662. The molecule has 0 saturated carbocycles. The van der Waals surface area contributed by atoms with E-state index in [4.69, 9.17) is 11.6 Å². The minimum Gasteiger partial charge on any atom is -0.219 e. The van der Waals surface area contributed by atoms with Gasteiger partial charge in [-0.3, -0.25) is 0 Å². The predicted molar refractivity (Wildman–Crippen MR) is 55.6 cm³/mol. The summed E-state index contributed by atoms with van der Waals surface area (Å²) in [5.74, 6) is 1.56. The van der Waals surface area contributed by atoms with Crippen LogP contribution in [0.25, 0.3) is 5.65 Å². The van der Waals surface area contributed by atoms with Gasteiger partial charge in [-0.15, -0.1) is 0 Å². The van der Waals surface area contributed by atoms with E-state index >= 15 is 0 Å². The van der Waals surface area contributed by atoms with Gasteiger partial charge in [-0.2, -0.15) is 17.7 Å². The van der Waals surface area contributed by atoms with Crippen molar-refractivity contribution < 1.29 is 0 Å². The quantitative estimate of drug-likeness (QED) is 0.772. The number of thiol groups is 1. The van der Waals surface area contributed by atoms with Crippen molar-refractivity contribution in [1.82, 2.24) is 14.6 Å². The lowest BCUT2D eigenvalue weighted by atomic mass is 10.4. The molecule has 0 amide bonds. The van der Waals surface area contributed by atoms with Gasteiger partial charge in [-0.05, 0) is 17.9 Å². The monoisotopic (exact) mass is 213 g/mol. The normalized spacial score (nSPS) is 10.9. The zero-order valence-corrected chi connectivity index (χ0v) is 8.46. The number of rotatable bonds is 2. The summed E-state index contributed by atoms with van der Waals surface area (Å²) >= 11 is 9.92. The summed E-state index contributed by atoms with van der Waals surface area (Å²) < 4.78 is 1.68. The number of fused-ring (bicyclic) bond motifs is 1. The van der Waals surface area contributed by atoms with Crippen LogP contribution in [-0.4, -0.2) is 20.4 Å². The van der Waals surface area contributed by atoms with Crippen LogP contribution in [0.3, 0.4) is 0 Å². The fourth-order valence-corrected chi connectivity index (χ4v) is 1.47. The molecule has 13 heavy (non-hydrogen) atoms. The van der Waals surface area contributed by atoms with E-state index in [1.807, 2.05) is 6.07 Å². The molecule has 5 heteroatoms. The second kappa shape index (κ2) is 3.55. The number of nitrogens with zero attached hydrogens (tertiary/aromatic N) is 3. The Labute approximate surface area is 86.1 Å². The van der Waals surface area contributed by atoms with Crippen LogP contribution in [0.5, 0.6) is 0 Å². The summed E-state index contributed by atoms with van der Waals surface area (Å²) in [4.78, 5) is 4.29. The van der Waals surface area contributed by atoms with E-state index in [1.54, 1.807) is 16.8 Å². The van der Waals surface area contributed by atoms with Crippen LogP contribution in [0.1, 0.15) is 5.82 Å². The van der Waals surface area contributed by atoms with Crippen molar-refractivity contribution in [3.05, 3.63) is 29.2 Å².